The summed E-state index contributed by atoms with van der Waals surface area (Å²) in [7, 11) is 1.53. The van der Waals surface area contributed by atoms with Crippen molar-refractivity contribution >= 4 is 17.6 Å². The molecule has 6 heteroatoms. The number of nitrogens with one attached hydrogen (secondary N) is 1. The molecule has 0 aliphatic rings. The van der Waals surface area contributed by atoms with E-state index in [1.807, 2.05) is 0 Å². The summed E-state index contributed by atoms with van der Waals surface area (Å²) >= 11 is 0. The predicted octanol–water partition coefficient (Wildman–Crippen LogP) is 4.30. The average Bonchev–Trinajstić information content (AvgIpc) is 2.72. The van der Waals surface area contributed by atoms with Gasteiger partial charge < -0.3 is 14.8 Å². The fourth-order valence-electron chi connectivity index (χ4n) is 2.80. The normalized spacial score (nSPS) is 11.4. The van der Waals surface area contributed by atoms with E-state index in [1.54, 1.807) is 60.7 Å². The van der Waals surface area contributed by atoms with Crippen LogP contribution in [0.4, 0.5) is 10.1 Å². The van der Waals surface area contributed by atoms with Gasteiger partial charge in [0.05, 0.1) is 13.5 Å². The predicted molar refractivity (Wildman–Crippen MR) is 107 cm³/mol. The van der Waals surface area contributed by atoms with E-state index in [0.29, 0.717) is 22.6 Å². The van der Waals surface area contributed by atoms with Crippen molar-refractivity contribution in [2.24, 2.45) is 0 Å². The second-order valence-electron chi connectivity index (χ2n) is 6.31. The zero-order valence-electron chi connectivity index (χ0n) is 15.8. The van der Waals surface area contributed by atoms with Gasteiger partial charge in [0, 0.05) is 17.3 Å². The van der Waals surface area contributed by atoms with Crippen LogP contribution in [-0.2, 0) is 20.7 Å². The number of esters is 1. The van der Waals surface area contributed by atoms with Crippen molar-refractivity contribution < 1.29 is 23.5 Å². The Bertz CT molecular complexity index is 991. The van der Waals surface area contributed by atoms with Gasteiger partial charge in [-0.15, -0.1) is 0 Å². The smallest absolute Gasteiger partial charge is 0.311 e. The van der Waals surface area contributed by atoms with Crippen molar-refractivity contribution in [2.45, 2.75) is 12.5 Å². The van der Waals surface area contributed by atoms with E-state index in [9.17, 15) is 14.0 Å². The van der Waals surface area contributed by atoms with Crippen molar-refractivity contribution in [3.63, 3.8) is 0 Å². The molecule has 3 rings (SSSR count). The number of carbonyl (C=O) groups is 2. The third-order valence-corrected chi connectivity index (χ3v) is 4.16. The maximum Gasteiger partial charge on any atom is 0.311 e. The first-order valence-corrected chi connectivity index (χ1v) is 8.99. The molecule has 0 bridgehead atoms. The molecule has 0 spiro atoms. The van der Waals surface area contributed by atoms with Crippen LogP contribution >= 0.6 is 0 Å². The lowest BCUT2D eigenvalue weighted by Gasteiger charge is -2.18. The van der Waals surface area contributed by atoms with Crippen LogP contribution in [0, 0.1) is 5.82 Å². The second kappa shape index (κ2) is 9.50. The third-order valence-electron chi connectivity index (χ3n) is 4.16. The highest BCUT2D eigenvalue weighted by Gasteiger charge is 2.25. The van der Waals surface area contributed by atoms with Crippen LogP contribution in [0.1, 0.15) is 17.2 Å². The van der Waals surface area contributed by atoms with Gasteiger partial charge in [-0.2, -0.15) is 0 Å². The maximum atomic E-state index is 13.4. The monoisotopic (exact) mass is 393 g/mol. The number of ether oxygens (including phenoxy) is 2. The Hall–Kier alpha value is -3.67. The Morgan fingerprint density at radius 3 is 2.45 bits per heavy atom. The molecule has 3 aromatic carbocycles. The quantitative estimate of drug-likeness (QED) is 0.608. The average molecular weight is 393 g/mol. The van der Waals surface area contributed by atoms with Crippen LogP contribution < -0.4 is 10.1 Å². The van der Waals surface area contributed by atoms with E-state index >= 15 is 0 Å². The summed E-state index contributed by atoms with van der Waals surface area (Å²) < 4.78 is 24.0. The van der Waals surface area contributed by atoms with Crippen LogP contribution in [0.15, 0.2) is 78.9 Å². The molecular weight excluding hydrogens is 373 g/mol. The number of hydrogen-bond acceptors (Lipinski definition) is 4. The highest BCUT2D eigenvalue weighted by molar-refractivity contribution is 5.96. The van der Waals surface area contributed by atoms with E-state index in [-0.39, 0.29) is 6.42 Å². The molecule has 0 aliphatic carbocycles. The van der Waals surface area contributed by atoms with Crippen LogP contribution in [0.2, 0.25) is 0 Å². The zero-order chi connectivity index (χ0) is 20.6. The summed E-state index contributed by atoms with van der Waals surface area (Å²) in [6, 6.07) is 21.3. The number of carbonyl (C=O) groups excluding carboxylic acids is 2. The molecule has 0 heterocycles. The molecule has 3 aromatic rings. The first-order valence-electron chi connectivity index (χ1n) is 8.99. The number of methoxy groups -OCH3 is 1. The molecule has 29 heavy (non-hydrogen) atoms. The van der Waals surface area contributed by atoms with Gasteiger partial charge in [0.15, 0.2) is 0 Å². The van der Waals surface area contributed by atoms with Crippen molar-refractivity contribution in [1.82, 2.24) is 0 Å². The fourth-order valence-corrected chi connectivity index (χ4v) is 2.80. The number of halogens is 1. The van der Waals surface area contributed by atoms with E-state index in [4.69, 9.17) is 9.47 Å². The number of anilines is 1. The number of amides is 1. The topological polar surface area (TPSA) is 64.6 Å². The van der Waals surface area contributed by atoms with Gasteiger partial charge in [-0.3, -0.25) is 9.59 Å². The Morgan fingerprint density at radius 2 is 1.72 bits per heavy atom. The van der Waals surface area contributed by atoms with Crippen LogP contribution in [0.5, 0.6) is 5.75 Å². The molecule has 5 nitrogen and oxygen atoms in total. The molecule has 0 saturated heterocycles. The lowest BCUT2D eigenvalue weighted by atomic mass is 10.1. The molecule has 0 aromatic heterocycles. The second-order valence-corrected chi connectivity index (χ2v) is 6.31. The SMILES string of the molecule is COc1cccc(NC(=O)[C@H](OC(=O)Cc2cccc(F)c2)c2ccccc2)c1. The molecule has 0 aliphatic heterocycles. The molecule has 1 atom stereocenters. The van der Waals surface area contributed by atoms with Crippen LogP contribution in [0.3, 0.4) is 0 Å². The Kier molecular flexibility index (Phi) is 6.58. The minimum Gasteiger partial charge on any atom is -0.497 e. The van der Waals surface area contributed by atoms with Gasteiger partial charge in [0.2, 0.25) is 6.10 Å². The largest absolute Gasteiger partial charge is 0.497 e. The summed E-state index contributed by atoms with van der Waals surface area (Å²) in [4.78, 5) is 25.3. The molecular formula is C23H20FNO4. The minimum atomic E-state index is -1.15. The van der Waals surface area contributed by atoms with Gasteiger partial charge in [0.1, 0.15) is 11.6 Å². The van der Waals surface area contributed by atoms with Gasteiger partial charge in [-0.25, -0.2) is 4.39 Å². The van der Waals surface area contributed by atoms with Gasteiger partial charge in [-0.1, -0.05) is 48.5 Å². The van der Waals surface area contributed by atoms with E-state index in [0.717, 1.165) is 0 Å². The first-order chi connectivity index (χ1) is 14.0. The highest BCUT2D eigenvalue weighted by Crippen LogP contribution is 2.23. The molecule has 0 unspecified atom stereocenters. The van der Waals surface area contributed by atoms with Crippen molar-refractivity contribution in [3.8, 4) is 5.75 Å². The number of benzene rings is 3. The first kappa shape index (κ1) is 20.1. The van der Waals surface area contributed by atoms with Crippen LogP contribution in [-0.4, -0.2) is 19.0 Å². The fraction of sp³-hybridized carbons (Fsp3) is 0.130. The number of rotatable bonds is 7. The number of hydrogen-bond donors (Lipinski definition) is 1. The van der Waals surface area contributed by atoms with E-state index in [1.165, 1.54) is 25.3 Å². The summed E-state index contributed by atoms with van der Waals surface area (Å²) in [5.41, 5.74) is 1.51. The third kappa shape index (κ3) is 5.65. The summed E-state index contributed by atoms with van der Waals surface area (Å²) in [6.07, 6.45) is -1.29. The maximum absolute atomic E-state index is 13.4. The molecule has 0 saturated carbocycles. The zero-order valence-corrected chi connectivity index (χ0v) is 15.8. The summed E-state index contributed by atoms with van der Waals surface area (Å²) in [5.74, 6) is -0.991. The summed E-state index contributed by atoms with van der Waals surface area (Å²) in [6.45, 7) is 0. The van der Waals surface area contributed by atoms with Crippen LogP contribution in [0.25, 0.3) is 0 Å². The van der Waals surface area contributed by atoms with Crippen molar-refractivity contribution in [1.29, 1.82) is 0 Å². The molecule has 1 N–H and O–H groups in total. The molecule has 0 radical (unpaired) electrons. The molecule has 1 amide bonds. The summed E-state index contributed by atoms with van der Waals surface area (Å²) in [5, 5.41) is 2.74. The Morgan fingerprint density at radius 1 is 0.966 bits per heavy atom. The van der Waals surface area contributed by atoms with E-state index < -0.39 is 23.8 Å². The lowest BCUT2D eigenvalue weighted by molar-refractivity contribution is -0.154. The molecule has 148 valence electrons. The van der Waals surface area contributed by atoms with Gasteiger partial charge in [0.25, 0.3) is 5.91 Å². The standard InChI is InChI=1S/C23H20FNO4/c1-28-20-12-6-11-19(15-20)25-23(27)22(17-8-3-2-4-9-17)29-21(26)14-16-7-5-10-18(24)13-16/h2-13,15,22H,14H2,1H3,(H,25,27)/t22-/m1/s1. The van der Waals surface area contributed by atoms with E-state index in [2.05, 4.69) is 5.32 Å². The van der Waals surface area contributed by atoms with Crippen molar-refractivity contribution in [3.05, 3.63) is 95.8 Å². The Labute approximate surface area is 168 Å². The highest BCUT2D eigenvalue weighted by atomic mass is 19.1. The Balaban J connectivity index is 1.77. The minimum absolute atomic E-state index is 0.145. The van der Waals surface area contributed by atoms with Gasteiger partial charge >= 0.3 is 5.97 Å². The lowest BCUT2D eigenvalue weighted by Crippen LogP contribution is -2.26. The molecule has 0 fully saturated rings. The van der Waals surface area contributed by atoms with Gasteiger partial charge in [-0.05, 0) is 29.8 Å². The van der Waals surface area contributed by atoms with Crippen molar-refractivity contribution in [2.75, 3.05) is 12.4 Å².